The van der Waals surface area contributed by atoms with Gasteiger partial charge < -0.3 is 34.6 Å². The second-order valence-electron chi connectivity index (χ2n) is 12.8. The molecule has 4 heterocycles. The van der Waals surface area contributed by atoms with Crippen LogP contribution in [0.5, 0.6) is 11.5 Å². The number of nitrogens with one attached hydrogen (secondary N) is 1. The van der Waals surface area contributed by atoms with Gasteiger partial charge in [0.1, 0.15) is 11.4 Å². The first-order valence-electron chi connectivity index (χ1n) is 15.0. The van der Waals surface area contributed by atoms with Crippen LogP contribution >= 0.6 is 0 Å². The topological polar surface area (TPSA) is 181 Å². The molecule has 1 saturated heterocycles. The van der Waals surface area contributed by atoms with Gasteiger partial charge in [-0.3, -0.25) is 4.79 Å². The maximum Gasteiger partial charge on any atom is 0.435 e. The number of benzene rings is 2. The third-order valence-corrected chi connectivity index (χ3v) is 8.68. The van der Waals surface area contributed by atoms with E-state index >= 15 is 0 Å². The number of carboxylic acid groups (broad SMARTS) is 1. The quantitative estimate of drug-likeness (QED) is 0.274. The molecular weight excluding hydrogens is 610 g/mol. The molecule has 2 fully saturated rings. The summed E-state index contributed by atoms with van der Waals surface area (Å²) in [7, 11) is 2.99. The standard InChI is InChI=1S/C32H33N7O8/c1-31(2,3)47-30(44)39-23-10-16(21-12-32(21)20-11-18(45-4)7-9-22(20)38(27(32)41)29(42)43)6-8-19(23)25(36-39)34-26-24(46-5)13-33-28(35-26)37-14-17(40)15-37/h6-11,13,17,21,40H,12,14-15H2,1-5H3,(H,42,43)(H,33,34,35,36)/t21-,32-/m0/s1. The third kappa shape index (κ3) is 4.85. The molecule has 2 aliphatic heterocycles. The number of rotatable bonds is 6. The van der Waals surface area contributed by atoms with Crippen molar-refractivity contribution in [1.29, 1.82) is 0 Å². The molecule has 7 rings (SSSR count). The predicted octanol–water partition coefficient (Wildman–Crippen LogP) is 4.00. The van der Waals surface area contributed by atoms with Crippen LogP contribution in [0.3, 0.4) is 0 Å². The molecule has 2 amide bonds. The van der Waals surface area contributed by atoms with Crippen molar-refractivity contribution in [2.75, 3.05) is 42.4 Å². The molecule has 1 aliphatic carbocycles. The smallest absolute Gasteiger partial charge is 0.435 e. The minimum absolute atomic E-state index is 0.290. The highest BCUT2D eigenvalue weighted by Crippen LogP contribution is 2.67. The highest BCUT2D eigenvalue weighted by atomic mass is 16.6. The van der Waals surface area contributed by atoms with Crippen LogP contribution in [0.1, 0.15) is 44.2 Å². The molecule has 1 spiro atoms. The predicted molar refractivity (Wildman–Crippen MR) is 169 cm³/mol. The van der Waals surface area contributed by atoms with Crippen molar-refractivity contribution in [2.45, 2.75) is 50.2 Å². The third-order valence-electron chi connectivity index (χ3n) is 8.68. The molecule has 0 bridgehead atoms. The Morgan fingerprint density at radius 1 is 1.06 bits per heavy atom. The highest BCUT2D eigenvalue weighted by Gasteiger charge is 2.68. The van der Waals surface area contributed by atoms with Crippen molar-refractivity contribution in [2.24, 2.45) is 0 Å². The first-order chi connectivity index (χ1) is 22.3. The van der Waals surface area contributed by atoms with Gasteiger partial charge in [0.15, 0.2) is 17.4 Å². The van der Waals surface area contributed by atoms with Crippen LogP contribution in [0.2, 0.25) is 0 Å². The van der Waals surface area contributed by atoms with Gasteiger partial charge in [0, 0.05) is 24.4 Å². The average molecular weight is 644 g/mol. The summed E-state index contributed by atoms with van der Waals surface area (Å²) in [4.78, 5) is 50.9. The fourth-order valence-electron chi connectivity index (χ4n) is 6.38. The van der Waals surface area contributed by atoms with Gasteiger partial charge in [-0.15, -0.1) is 5.10 Å². The van der Waals surface area contributed by atoms with Crippen molar-refractivity contribution in [1.82, 2.24) is 19.7 Å². The molecule has 15 nitrogen and oxygen atoms in total. The number of anilines is 4. The molecule has 4 aromatic rings. The molecule has 47 heavy (non-hydrogen) atoms. The van der Waals surface area contributed by atoms with E-state index < -0.39 is 35.2 Å². The van der Waals surface area contributed by atoms with E-state index in [2.05, 4.69) is 20.4 Å². The monoisotopic (exact) mass is 643 g/mol. The number of hydrogen-bond acceptors (Lipinski definition) is 12. The number of nitrogens with zero attached hydrogens (tertiary/aromatic N) is 6. The number of fused-ring (bicyclic) bond motifs is 3. The van der Waals surface area contributed by atoms with E-state index in [-0.39, 0.29) is 5.92 Å². The van der Waals surface area contributed by atoms with Crippen molar-refractivity contribution in [3.05, 3.63) is 53.7 Å². The molecule has 15 heteroatoms. The number of carbonyl (C=O) groups is 3. The number of amides is 2. The summed E-state index contributed by atoms with van der Waals surface area (Å²) in [6.45, 7) is 6.05. The van der Waals surface area contributed by atoms with Crippen molar-refractivity contribution in [3.8, 4) is 11.5 Å². The summed E-state index contributed by atoms with van der Waals surface area (Å²) < 4.78 is 17.7. The number of aliphatic hydroxyl groups excluding tert-OH is 1. The van der Waals surface area contributed by atoms with Crippen LogP contribution in [0.15, 0.2) is 42.6 Å². The number of methoxy groups -OCH3 is 2. The molecular formula is C32H33N7O8. The van der Waals surface area contributed by atoms with Gasteiger partial charge >= 0.3 is 12.2 Å². The molecule has 0 unspecified atom stereocenters. The number of β-amino-alcohol motifs (C(OH)–C–C–N with tert-alkyl or cyclic N) is 1. The Balaban J connectivity index is 1.30. The Hall–Kier alpha value is -5.44. The van der Waals surface area contributed by atoms with Crippen LogP contribution in [0.25, 0.3) is 10.9 Å². The van der Waals surface area contributed by atoms with Gasteiger partial charge in [-0.05, 0) is 68.7 Å². The molecule has 3 aliphatic rings. The van der Waals surface area contributed by atoms with Crippen LogP contribution in [0, 0.1) is 0 Å². The molecule has 2 aromatic heterocycles. The van der Waals surface area contributed by atoms with Gasteiger partial charge in [0.05, 0.1) is 43.1 Å². The van der Waals surface area contributed by atoms with Crippen molar-refractivity contribution >= 4 is 52.3 Å². The number of aliphatic hydroxyl groups is 1. The Labute approximate surface area is 268 Å². The maximum atomic E-state index is 13.7. The lowest BCUT2D eigenvalue weighted by Gasteiger charge is -2.35. The Kier molecular flexibility index (Phi) is 6.79. The average Bonchev–Trinajstić information content (AvgIpc) is 3.60. The summed E-state index contributed by atoms with van der Waals surface area (Å²) >= 11 is 0. The van der Waals surface area contributed by atoms with E-state index in [1.54, 1.807) is 51.1 Å². The summed E-state index contributed by atoms with van der Waals surface area (Å²) in [6.07, 6.45) is -0.635. The number of aromatic nitrogens is 4. The molecule has 2 atom stereocenters. The van der Waals surface area contributed by atoms with Crippen LogP contribution in [-0.4, -0.2) is 87.1 Å². The van der Waals surface area contributed by atoms with Gasteiger partial charge in [-0.25, -0.2) is 19.5 Å². The number of ether oxygens (including phenoxy) is 3. The number of carbonyl (C=O) groups excluding carboxylic acids is 2. The van der Waals surface area contributed by atoms with Gasteiger partial charge in [0.2, 0.25) is 11.9 Å². The second-order valence-corrected chi connectivity index (χ2v) is 12.8. The molecule has 3 N–H and O–H groups in total. The SMILES string of the molecule is COc1ccc2c(c1)[C@]1(C[C@H]1c1ccc3c(Nc4nc(N5CC(O)C5)ncc4OC)nn(C(=O)OC(C)(C)C)c3c1)C(=O)N2C(=O)O. The summed E-state index contributed by atoms with van der Waals surface area (Å²) in [6, 6.07) is 10.3. The Bertz CT molecular complexity index is 1960. The van der Waals surface area contributed by atoms with E-state index in [0.29, 0.717) is 70.7 Å². The molecule has 1 saturated carbocycles. The second kappa shape index (κ2) is 10.6. The zero-order chi connectivity index (χ0) is 33.4. The molecule has 0 radical (unpaired) electrons. The van der Waals surface area contributed by atoms with Gasteiger partial charge in [-0.2, -0.15) is 9.67 Å². The largest absolute Gasteiger partial charge is 0.497 e. The highest BCUT2D eigenvalue weighted by molar-refractivity contribution is 6.22. The molecule has 2 aromatic carbocycles. The zero-order valence-electron chi connectivity index (χ0n) is 26.3. The Morgan fingerprint density at radius 3 is 2.49 bits per heavy atom. The summed E-state index contributed by atoms with van der Waals surface area (Å²) in [5.41, 5.74) is 0.116. The fraction of sp³-hybridized carbons (Fsp3) is 0.375. The molecule has 244 valence electrons. The lowest BCUT2D eigenvalue weighted by atomic mass is 9.91. The minimum Gasteiger partial charge on any atom is -0.497 e. The fourth-order valence-corrected chi connectivity index (χ4v) is 6.38. The summed E-state index contributed by atoms with van der Waals surface area (Å²) in [5.74, 6) is 0.936. The lowest BCUT2D eigenvalue weighted by Crippen LogP contribution is -2.51. The lowest BCUT2D eigenvalue weighted by molar-refractivity contribution is -0.119. The summed E-state index contributed by atoms with van der Waals surface area (Å²) in [5, 5.41) is 28.0. The first-order valence-corrected chi connectivity index (χ1v) is 15.0. The zero-order valence-corrected chi connectivity index (χ0v) is 26.3. The van der Waals surface area contributed by atoms with E-state index in [4.69, 9.17) is 14.2 Å². The van der Waals surface area contributed by atoms with Crippen LogP contribution < -0.4 is 24.6 Å². The van der Waals surface area contributed by atoms with Crippen LogP contribution in [-0.2, 0) is 14.9 Å². The van der Waals surface area contributed by atoms with Gasteiger partial charge in [-0.1, -0.05) is 6.07 Å². The van der Waals surface area contributed by atoms with E-state index in [0.717, 1.165) is 15.1 Å². The number of hydrogen-bond donors (Lipinski definition) is 3. The van der Waals surface area contributed by atoms with Crippen molar-refractivity contribution in [3.63, 3.8) is 0 Å². The Morgan fingerprint density at radius 2 is 1.83 bits per heavy atom. The minimum atomic E-state index is -1.35. The first kappa shape index (κ1) is 30.2. The van der Waals surface area contributed by atoms with Crippen molar-refractivity contribution < 1.29 is 38.8 Å². The van der Waals surface area contributed by atoms with E-state index in [9.17, 15) is 24.6 Å². The van der Waals surface area contributed by atoms with Crippen LogP contribution in [0.4, 0.5) is 32.9 Å². The van der Waals surface area contributed by atoms with E-state index in [1.807, 2.05) is 11.0 Å². The van der Waals surface area contributed by atoms with Gasteiger partial charge in [0.25, 0.3) is 0 Å². The number of imide groups is 1. The normalized spacial score (nSPS) is 20.3. The maximum absolute atomic E-state index is 13.7. The van der Waals surface area contributed by atoms with E-state index in [1.165, 1.54) is 20.4 Å².